The molecule has 0 amide bonds. The summed E-state index contributed by atoms with van der Waals surface area (Å²) in [4.78, 5) is 2.28. The number of benzene rings is 2. The summed E-state index contributed by atoms with van der Waals surface area (Å²) >= 11 is 5.68. The summed E-state index contributed by atoms with van der Waals surface area (Å²) in [6, 6.07) is 16.7. The lowest BCUT2D eigenvalue weighted by Gasteiger charge is -2.29. The second-order valence-corrected chi connectivity index (χ2v) is 6.81. The average Bonchev–Trinajstić information content (AvgIpc) is 3.18. The molecule has 1 atom stereocenters. The monoisotopic (exact) mass is 370 g/mol. The molecule has 1 heterocycles. The zero-order valence-corrected chi connectivity index (χ0v) is 16.2. The van der Waals surface area contributed by atoms with Gasteiger partial charge in [0.15, 0.2) is 5.11 Å². The van der Waals surface area contributed by atoms with Crippen LogP contribution in [0.25, 0.3) is 0 Å². The maximum Gasteiger partial charge on any atom is 0.169 e. The Balaban J connectivity index is 1.65. The van der Waals surface area contributed by atoms with Crippen LogP contribution in [0.3, 0.4) is 0 Å². The number of thiocarbonyl (C=S) groups is 1. The lowest BCUT2D eigenvalue weighted by Crippen LogP contribution is -2.40. The topological polar surface area (TPSA) is 33.7 Å². The van der Waals surface area contributed by atoms with E-state index in [1.165, 1.54) is 5.56 Å². The van der Waals surface area contributed by atoms with E-state index < -0.39 is 0 Å². The summed E-state index contributed by atoms with van der Waals surface area (Å²) in [5.41, 5.74) is 2.48. The van der Waals surface area contributed by atoms with E-state index in [2.05, 4.69) is 40.5 Å². The fourth-order valence-corrected chi connectivity index (χ4v) is 3.81. The van der Waals surface area contributed by atoms with E-state index in [0.717, 1.165) is 54.5 Å². The molecule has 1 N–H and O–H groups in total. The van der Waals surface area contributed by atoms with E-state index in [-0.39, 0.29) is 6.04 Å². The van der Waals surface area contributed by atoms with Gasteiger partial charge < -0.3 is 19.7 Å². The zero-order chi connectivity index (χ0) is 18.4. The Kier molecular flexibility index (Phi) is 6.34. The van der Waals surface area contributed by atoms with Gasteiger partial charge in [-0.05, 0) is 49.2 Å². The number of hydrogen-bond donors (Lipinski definition) is 1. The Morgan fingerprint density at radius 1 is 1.15 bits per heavy atom. The van der Waals surface area contributed by atoms with Crippen molar-refractivity contribution < 1.29 is 9.47 Å². The third-order valence-corrected chi connectivity index (χ3v) is 5.22. The molecule has 3 rings (SSSR count). The van der Waals surface area contributed by atoms with Gasteiger partial charge in [-0.25, -0.2) is 0 Å². The van der Waals surface area contributed by atoms with E-state index >= 15 is 0 Å². The molecular weight excluding hydrogens is 344 g/mol. The predicted octanol–water partition coefficient (Wildman–Crippen LogP) is 3.96. The van der Waals surface area contributed by atoms with Crippen molar-refractivity contribution in [3.05, 3.63) is 59.7 Å². The average molecular weight is 371 g/mol. The number of ether oxygens (including phenoxy) is 2. The van der Waals surface area contributed by atoms with Crippen molar-refractivity contribution in [1.82, 2.24) is 10.2 Å². The number of nitrogens with zero attached hydrogens (tertiary/aromatic N) is 1. The molecule has 4 nitrogen and oxygen atoms in total. The first-order chi connectivity index (χ1) is 12.7. The molecule has 5 heteroatoms. The molecule has 1 aliphatic rings. The van der Waals surface area contributed by atoms with Crippen molar-refractivity contribution in [2.45, 2.75) is 25.3 Å². The molecule has 0 bridgehead atoms. The van der Waals surface area contributed by atoms with Crippen LogP contribution in [0.5, 0.6) is 11.5 Å². The first-order valence-electron chi connectivity index (χ1n) is 9.03. The normalized spacial score (nSPS) is 16.4. The first kappa shape index (κ1) is 18.5. The SMILES string of the molecule is COc1ccc([C@H]2CCCN2C(=S)NCCc2ccccc2)c(OC)c1. The Bertz CT molecular complexity index is 736. The van der Waals surface area contributed by atoms with Gasteiger partial charge in [0.1, 0.15) is 11.5 Å². The molecule has 2 aromatic carbocycles. The van der Waals surface area contributed by atoms with Crippen LogP contribution < -0.4 is 14.8 Å². The van der Waals surface area contributed by atoms with Gasteiger partial charge in [0.05, 0.1) is 20.3 Å². The van der Waals surface area contributed by atoms with Crippen molar-refractivity contribution in [2.75, 3.05) is 27.3 Å². The molecule has 1 fully saturated rings. The van der Waals surface area contributed by atoms with Gasteiger partial charge in [-0.1, -0.05) is 30.3 Å². The summed E-state index contributed by atoms with van der Waals surface area (Å²) in [5.74, 6) is 1.66. The van der Waals surface area contributed by atoms with E-state index in [1.807, 2.05) is 18.2 Å². The van der Waals surface area contributed by atoms with Gasteiger partial charge in [-0.3, -0.25) is 0 Å². The molecule has 2 aromatic rings. The number of methoxy groups -OCH3 is 2. The quantitative estimate of drug-likeness (QED) is 0.779. The second kappa shape index (κ2) is 8.90. The van der Waals surface area contributed by atoms with Crippen LogP contribution in [0.1, 0.15) is 30.0 Å². The molecule has 1 aliphatic heterocycles. The van der Waals surface area contributed by atoms with Gasteiger partial charge in [0.2, 0.25) is 0 Å². The zero-order valence-electron chi connectivity index (χ0n) is 15.4. The van der Waals surface area contributed by atoms with E-state index in [0.29, 0.717) is 0 Å². The third-order valence-electron chi connectivity index (χ3n) is 4.85. The van der Waals surface area contributed by atoms with Gasteiger partial charge in [-0.15, -0.1) is 0 Å². The Morgan fingerprint density at radius 2 is 1.96 bits per heavy atom. The van der Waals surface area contributed by atoms with Crippen LogP contribution in [0.2, 0.25) is 0 Å². The smallest absolute Gasteiger partial charge is 0.169 e. The molecule has 1 saturated heterocycles. The summed E-state index contributed by atoms with van der Waals surface area (Å²) in [6.07, 6.45) is 3.16. The van der Waals surface area contributed by atoms with Crippen LogP contribution in [0.15, 0.2) is 48.5 Å². The summed E-state index contributed by atoms with van der Waals surface area (Å²) in [5, 5.41) is 4.25. The van der Waals surface area contributed by atoms with Crippen molar-refractivity contribution in [2.24, 2.45) is 0 Å². The van der Waals surface area contributed by atoms with Gasteiger partial charge in [-0.2, -0.15) is 0 Å². The van der Waals surface area contributed by atoms with E-state index in [9.17, 15) is 0 Å². The highest BCUT2D eigenvalue weighted by atomic mass is 32.1. The Hall–Kier alpha value is -2.27. The summed E-state index contributed by atoms with van der Waals surface area (Å²) in [7, 11) is 3.37. The minimum absolute atomic E-state index is 0.243. The van der Waals surface area contributed by atoms with Crippen LogP contribution in [0.4, 0.5) is 0 Å². The van der Waals surface area contributed by atoms with Gasteiger partial charge in [0, 0.05) is 24.7 Å². The maximum atomic E-state index is 5.68. The Labute approximate surface area is 161 Å². The molecule has 0 saturated carbocycles. The maximum absolute atomic E-state index is 5.68. The molecule has 0 spiro atoms. The van der Waals surface area contributed by atoms with Crippen molar-refractivity contribution >= 4 is 17.3 Å². The minimum atomic E-state index is 0.243. The number of rotatable bonds is 6. The lowest BCUT2D eigenvalue weighted by atomic mass is 10.0. The number of likely N-dealkylation sites (tertiary alicyclic amines) is 1. The molecule has 138 valence electrons. The van der Waals surface area contributed by atoms with Gasteiger partial charge in [0.25, 0.3) is 0 Å². The summed E-state index contributed by atoms with van der Waals surface area (Å²) < 4.78 is 10.9. The van der Waals surface area contributed by atoms with Crippen LogP contribution >= 0.6 is 12.2 Å². The molecule has 0 unspecified atom stereocenters. The van der Waals surface area contributed by atoms with Crippen LogP contribution in [-0.4, -0.2) is 37.3 Å². The van der Waals surface area contributed by atoms with Crippen molar-refractivity contribution in [3.8, 4) is 11.5 Å². The Morgan fingerprint density at radius 3 is 2.69 bits per heavy atom. The number of nitrogens with one attached hydrogen (secondary N) is 1. The third kappa shape index (κ3) is 4.28. The van der Waals surface area contributed by atoms with Crippen molar-refractivity contribution in [1.29, 1.82) is 0 Å². The van der Waals surface area contributed by atoms with Crippen LogP contribution in [-0.2, 0) is 6.42 Å². The molecule has 26 heavy (non-hydrogen) atoms. The highest BCUT2D eigenvalue weighted by Crippen LogP contribution is 2.38. The standard InChI is InChI=1S/C21H26N2O2S/c1-24-17-10-11-18(20(15-17)25-2)19-9-6-14-23(19)21(26)22-13-12-16-7-4-3-5-8-16/h3-5,7-8,10-11,15,19H,6,9,12-14H2,1-2H3,(H,22,26)/t19-/m1/s1. The largest absolute Gasteiger partial charge is 0.497 e. The second-order valence-electron chi connectivity index (χ2n) is 6.43. The fraction of sp³-hybridized carbons (Fsp3) is 0.381. The molecule has 0 aromatic heterocycles. The molecule has 0 aliphatic carbocycles. The van der Waals surface area contributed by atoms with E-state index in [1.54, 1.807) is 14.2 Å². The summed E-state index contributed by atoms with van der Waals surface area (Å²) in [6.45, 7) is 1.81. The first-order valence-corrected chi connectivity index (χ1v) is 9.44. The van der Waals surface area contributed by atoms with Crippen molar-refractivity contribution in [3.63, 3.8) is 0 Å². The van der Waals surface area contributed by atoms with Crippen LogP contribution in [0, 0.1) is 0 Å². The van der Waals surface area contributed by atoms with Gasteiger partial charge >= 0.3 is 0 Å². The minimum Gasteiger partial charge on any atom is -0.497 e. The van der Waals surface area contributed by atoms with E-state index in [4.69, 9.17) is 21.7 Å². The lowest BCUT2D eigenvalue weighted by molar-refractivity contribution is 0.357. The molecule has 0 radical (unpaired) electrons. The highest BCUT2D eigenvalue weighted by molar-refractivity contribution is 7.80. The highest BCUT2D eigenvalue weighted by Gasteiger charge is 2.30. The number of hydrogen-bond acceptors (Lipinski definition) is 3. The fourth-order valence-electron chi connectivity index (χ4n) is 3.49. The molecular formula is C21H26N2O2S. The predicted molar refractivity (Wildman–Crippen MR) is 109 cm³/mol.